The van der Waals surface area contributed by atoms with Gasteiger partial charge in [-0.25, -0.2) is 4.98 Å². The molecule has 0 radical (unpaired) electrons. The van der Waals surface area contributed by atoms with Crippen LogP contribution in [-0.2, 0) is 6.54 Å². The van der Waals surface area contributed by atoms with Crippen molar-refractivity contribution in [1.29, 1.82) is 0 Å². The van der Waals surface area contributed by atoms with Gasteiger partial charge in [-0.3, -0.25) is 0 Å². The van der Waals surface area contributed by atoms with E-state index in [4.69, 9.17) is 4.98 Å². The zero-order valence-corrected chi connectivity index (χ0v) is 14.7. The number of aryl methyl sites for hydroxylation is 1. The van der Waals surface area contributed by atoms with Gasteiger partial charge in [-0.05, 0) is 59.3 Å². The van der Waals surface area contributed by atoms with Crippen LogP contribution in [0.5, 0.6) is 0 Å². The van der Waals surface area contributed by atoms with E-state index in [9.17, 15) is 0 Å². The van der Waals surface area contributed by atoms with Crippen LogP contribution in [0.2, 0.25) is 0 Å². The summed E-state index contributed by atoms with van der Waals surface area (Å²) in [7, 11) is 0. The highest BCUT2D eigenvalue weighted by atomic mass is 32.1. The van der Waals surface area contributed by atoms with Crippen molar-refractivity contribution in [3.63, 3.8) is 0 Å². The predicted molar refractivity (Wildman–Crippen MR) is 91.2 cm³/mol. The lowest BCUT2D eigenvalue weighted by Crippen LogP contribution is -2.42. The van der Waals surface area contributed by atoms with Crippen LogP contribution in [0.15, 0.2) is 0 Å². The zero-order valence-electron chi connectivity index (χ0n) is 13.9. The van der Waals surface area contributed by atoms with Crippen LogP contribution in [-0.4, -0.2) is 23.1 Å². The van der Waals surface area contributed by atoms with Crippen LogP contribution in [0, 0.1) is 12.8 Å². The molecule has 1 aliphatic heterocycles. The monoisotopic (exact) mass is 307 g/mol. The molecule has 2 heterocycles. The number of rotatable bonds is 3. The lowest BCUT2D eigenvalue weighted by atomic mass is 9.92. The maximum atomic E-state index is 4.90. The number of hydrogen-bond donors (Lipinski definition) is 1. The molecule has 2 atom stereocenters. The van der Waals surface area contributed by atoms with E-state index in [2.05, 4.69) is 37.9 Å². The maximum absolute atomic E-state index is 4.90. The minimum Gasteiger partial charge on any atom is -0.345 e. The molecular weight excluding hydrogens is 278 g/mol. The summed E-state index contributed by atoms with van der Waals surface area (Å²) in [5.74, 6) is 0.930. The average molecular weight is 308 g/mol. The number of nitrogens with one attached hydrogen (secondary N) is 1. The standard InChI is InChI=1S/C17H29N3S/c1-12-15(11-18-17(2,3)4)21-16(19-12)20-10-6-8-13-7-5-9-14(13)20/h13-14,18H,5-11H2,1-4H3. The second-order valence-corrected chi connectivity index (χ2v) is 8.76. The van der Waals surface area contributed by atoms with E-state index < -0.39 is 0 Å². The van der Waals surface area contributed by atoms with Gasteiger partial charge in [0, 0.05) is 29.5 Å². The highest BCUT2D eigenvalue weighted by Crippen LogP contribution is 2.40. The Morgan fingerprint density at radius 2 is 2.00 bits per heavy atom. The van der Waals surface area contributed by atoms with Crippen LogP contribution in [0.3, 0.4) is 0 Å². The number of piperidine rings is 1. The fourth-order valence-electron chi connectivity index (χ4n) is 3.74. The van der Waals surface area contributed by atoms with Crippen LogP contribution < -0.4 is 10.2 Å². The largest absolute Gasteiger partial charge is 0.345 e. The molecule has 1 aromatic rings. The number of nitrogens with zero attached hydrogens (tertiary/aromatic N) is 2. The molecule has 2 unspecified atom stereocenters. The third kappa shape index (κ3) is 3.42. The van der Waals surface area contributed by atoms with Gasteiger partial charge in [0.05, 0.1) is 5.69 Å². The molecule has 21 heavy (non-hydrogen) atoms. The van der Waals surface area contributed by atoms with Gasteiger partial charge in [-0.1, -0.05) is 6.42 Å². The topological polar surface area (TPSA) is 28.2 Å². The van der Waals surface area contributed by atoms with Gasteiger partial charge in [-0.2, -0.15) is 0 Å². The van der Waals surface area contributed by atoms with E-state index in [1.165, 1.54) is 54.4 Å². The normalized spacial score (nSPS) is 26.2. The Labute approximate surface area is 133 Å². The predicted octanol–water partition coefficient (Wildman–Crippen LogP) is 4.11. The van der Waals surface area contributed by atoms with Crippen LogP contribution >= 0.6 is 11.3 Å². The van der Waals surface area contributed by atoms with Crippen LogP contribution in [0.1, 0.15) is 63.4 Å². The zero-order chi connectivity index (χ0) is 15.0. The van der Waals surface area contributed by atoms with Crippen molar-refractivity contribution in [2.24, 2.45) is 5.92 Å². The fourth-order valence-corrected chi connectivity index (χ4v) is 4.82. The van der Waals surface area contributed by atoms with Crippen LogP contribution in [0.25, 0.3) is 0 Å². The van der Waals surface area contributed by atoms with Crippen molar-refractivity contribution in [1.82, 2.24) is 10.3 Å². The number of fused-ring (bicyclic) bond motifs is 1. The molecule has 118 valence electrons. The Morgan fingerprint density at radius 1 is 1.24 bits per heavy atom. The molecular formula is C17H29N3S. The summed E-state index contributed by atoms with van der Waals surface area (Å²) in [5.41, 5.74) is 1.38. The summed E-state index contributed by atoms with van der Waals surface area (Å²) in [6.45, 7) is 11.0. The molecule has 2 aliphatic rings. The molecule has 1 N–H and O–H groups in total. The van der Waals surface area contributed by atoms with E-state index in [1.807, 2.05) is 11.3 Å². The molecule has 3 nitrogen and oxygen atoms in total. The van der Waals surface area contributed by atoms with Crippen molar-refractivity contribution < 1.29 is 0 Å². The summed E-state index contributed by atoms with van der Waals surface area (Å²) < 4.78 is 0. The quantitative estimate of drug-likeness (QED) is 0.911. The smallest absolute Gasteiger partial charge is 0.186 e. The second kappa shape index (κ2) is 5.88. The van der Waals surface area contributed by atoms with E-state index in [1.54, 1.807) is 0 Å². The van der Waals surface area contributed by atoms with Gasteiger partial charge in [-0.15, -0.1) is 11.3 Å². The van der Waals surface area contributed by atoms with Crippen molar-refractivity contribution in [3.05, 3.63) is 10.6 Å². The van der Waals surface area contributed by atoms with Crippen molar-refractivity contribution in [2.75, 3.05) is 11.4 Å². The Kier molecular flexibility index (Phi) is 4.28. The molecule has 1 aliphatic carbocycles. The summed E-state index contributed by atoms with van der Waals surface area (Å²) in [5, 5.41) is 4.87. The first kappa shape index (κ1) is 15.3. The number of hydrogen-bond acceptors (Lipinski definition) is 4. The van der Waals surface area contributed by atoms with Gasteiger partial charge in [0.25, 0.3) is 0 Å². The molecule has 0 amide bonds. The molecule has 2 fully saturated rings. The summed E-state index contributed by atoms with van der Waals surface area (Å²) in [4.78, 5) is 8.93. The van der Waals surface area contributed by atoms with E-state index >= 15 is 0 Å². The lowest BCUT2D eigenvalue weighted by molar-refractivity contribution is 0.362. The number of thiazole rings is 1. The minimum atomic E-state index is 0.165. The van der Waals surface area contributed by atoms with E-state index in [0.717, 1.165) is 18.5 Å². The Morgan fingerprint density at radius 3 is 2.76 bits per heavy atom. The molecule has 1 aromatic heterocycles. The molecule has 0 spiro atoms. The van der Waals surface area contributed by atoms with Gasteiger partial charge in [0.2, 0.25) is 0 Å². The first-order valence-electron chi connectivity index (χ1n) is 8.42. The highest BCUT2D eigenvalue weighted by molar-refractivity contribution is 7.15. The van der Waals surface area contributed by atoms with Crippen molar-refractivity contribution >= 4 is 16.5 Å². The molecule has 4 heteroatoms. The SMILES string of the molecule is Cc1nc(N2CCCC3CCCC32)sc1CNC(C)(C)C. The maximum Gasteiger partial charge on any atom is 0.186 e. The molecule has 0 aromatic carbocycles. The molecule has 1 saturated carbocycles. The van der Waals surface area contributed by atoms with Gasteiger partial charge < -0.3 is 10.2 Å². The number of aromatic nitrogens is 1. The third-order valence-corrected chi connectivity index (χ3v) is 6.09. The van der Waals surface area contributed by atoms with Gasteiger partial charge in [0.15, 0.2) is 5.13 Å². The van der Waals surface area contributed by atoms with Gasteiger partial charge in [0.1, 0.15) is 0 Å². The van der Waals surface area contributed by atoms with E-state index in [0.29, 0.717) is 0 Å². The second-order valence-electron chi connectivity index (χ2n) is 7.70. The fraction of sp³-hybridized carbons (Fsp3) is 0.824. The minimum absolute atomic E-state index is 0.165. The lowest BCUT2D eigenvalue weighted by Gasteiger charge is -2.37. The summed E-state index contributed by atoms with van der Waals surface area (Å²) >= 11 is 1.91. The van der Waals surface area contributed by atoms with Crippen molar-refractivity contribution in [3.8, 4) is 0 Å². The average Bonchev–Trinajstić information content (AvgIpc) is 3.01. The molecule has 0 bridgehead atoms. The number of anilines is 1. The third-order valence-electron chi connectivity index (χ3n) is 4.90. The van der Waals surface area contributed by atoms with E-state index in [-0.39, 0.29) is 5.54 Å². The molecule has 3 rings (SSSR count). The Hall–Kier alpha value is -0.610. The molecule has 1 saturated heterocycles. The summed E-state index contributed by atoms with van der Waals surface area (Å²) in [6, 6.07) is 0.771. The van der Waals surface area contributed by atoms with Gasteiger partial charge >= 0.3 is 0 Å². The van der Waals surface area contributed by atoms with Crippen LogP contribution in [0.4, 0.5) is 5.13 Å². The van der Waals surface area contributed by atoms with Crippen molar-refractivity contribution in [2.45, 2.75) is 77.9 Å². The first-order chi connectivity index (χ1) is 9.94. The Balaban J connectivity index is 1.73. The summed E-state index contributed by atoms with van der Waals surface area (Å²) in [6.07, 6.45) is 7.00. The Bertz CT molecular complexity index is 489. The first-order valence-corrected chi connectivity index (χ1v) is 9.24. The highest BCUT2D eigenvalue weighted by Gasteiger charge is 2.36.